The Morgan fingerprint density at radius 3 is 2.60 bits per heavy atom. The molecule has 1 aromatic heterocycles. The number of aryl methyl sites for hydroxylation is 1. The molecule has 106 valence electrons. The second-order valence-electron chi connectivity index (χ2n) is 4.77. The highest BCUT2D eigenvalue weighted by atomic mass is 32.1. The number of anilines is 1. The van der Waals surface area contributed by atoms with Gasteiger partial charge in [-0.1, -0.05) is 0 Å². The third kappa shape index (κ3) is 4.06. The minimum atomic E-state index is -0.290. The molecule has 1 N–H and O–H groups in total. The maximum absolute atomic E-state index is 11.7. The van der Waals surface area contributed by atoms with Gasteiger partial charge in [-0.05, 0) is 45.0 Å². The minimum Gasteiger partial charge on any atom is -0.459 e. The van der Waals surface area contributed by atoms with Crippen LogP contribution in [0.3, 0.4) is 0 Å². The van der Waals surface area contributed by atoms with Crippen molar-refractivity contribution < 1.29 is 9.53 Å². The summed E-state index contributed by atoms with van der Waals surface area (Å²) in [6.07, 6.45) is -0.103. The number of ether oxygens (including phenoxy) is 1. The van der Waals surface area contributed by atoms with Gasteiger partial charge in [0.05, 0.1) is 18.2 Å². The number of hydrogen-bond acceptors (Lipinski definition) is 5. The van der Waals surface area contributed by atoms with Gasteiger partial charge >= 0.3 is 5.97 Å². The van der Waals surface area contributed by atoms with Crippen molar-refractivity contribution in [3.63, 3.8) is 0 Å². The van der Waals surface area contributed by atoms with Crippen molar-refractivity contribution in [1.82, 2.24) is 4.98 Å². The largest absolute Gasteiger partial charge is 0.459 e. The number of thiazole rings is 1. The molecule has 0 radical (unpaired) electrons. The van der Waals surface area contributed by atoms with Gasteiger partial charge < -0.3 is 10.1 Å². The summed E-state index contributed by atoms with van der Waals surface area (Å²) >= 11 is 1.64. The molecule has 0 fully saturated rings. The second kappa shape index (κ2) is 6.52. The smallest absolute Gasteiger partial charge is 0.338 e. The number of esters is 1. The van der Waals surface area contributed by atoms with Gasteiger partial charge in [-0.2, -0.15) is 0 Å². The third-order valence-corrected chi connectivity index (χ3v) is 3.54. The molecular weight excluding hydrogens is 272 g/mol. The van der Waals surface area contributed by atoms with Crippen molar-refractivity contribution in [2.45, 2.75) is 33.4 Å². The molecule has 0 aliphatic carbocycles. The van der Waals surface area contributed by atoms with Crippen molar-refractivity contribution >= 4 is 23.0 Å². The van der Waals surface area contributed by atoms with E-state index in [4.69, 9.17) is 4.74 Å². The van der Waals surface area contributed by atoms with Crippen LogP contribution in [-0.4, -0.2) is 17.1 Å². The Labute approximate surface area is 122 Å². The highest BCUT2D eigenvalue weighted by Gasteiger charge is 2.08. The maximum Gasteiger partial charge on any atom is 0.338 e. The van der Waals surface area contributed by atoms with Crippen molar-refractivity contribution in [2.75, 3.05) is 5.32 Å². The van der Waals surface area contributed by atoms with Crippen LogP contribution in [0.5, 0.6) is 0 Å². The van der Waals surface area contributed by atoms with Crippen LogP contribution in [0.2, 0.25) is 0 Å². The normalized spacial score (nSPS) is 10.6. The fourth-order valence-corrected chi connectivity index (χ4v) is 2.38. The molecule has 20 heavy (non-hydrogen) atoms. The molecule has 0 spiro atoms. The van der Waals surface area contributed by atoms with Crippen LogP contribution in [-0.2, 0) is 11.3 Å². The van der Waals surface area contributed by atoms with E-state index in [1.807, 2.05) is 38.3 Å². The van der Waals surface area contributed by atoms with E-state index in [1.165, 1.54) is 0 Å². The van der Waals surface area contributed by atoms with Crippen LogP contribution in [0.4, 0.5) is 5.69 Å². The first-order valence-corrected chi connectivity index (χ1v) is 7.38. The maximum atomic E-state index is 11.7. The van der Waals surface area contributed by atoms with Crippen LogP contribution >= 0.6 is 11.3 Å². The standard InChI is InChI=1S/C15H18N2O2S/c1-10(2)19-15(18)12-4-6-13(7-5-12)16-8-14-17-11(3)9-20-14/h4-7,9-10,16H,8H2,1-3H3. The predicted molar refractivity (Wildman–Crippen MR) is 81.2 cm³/mol. The van der Waals surface area contributed by atoms with Gasteiger partial charge in [-0.25, -0.2) is 9.78 Å². The fourth-order valence-electron chi connectivity index (χ4n) is 1.67. The zero-order chi connectivity index (χ0) is 14.5. The summed E-state index contributed by atoms with van der Waals surface area (Å²) in [4.78, 5) is 16.1. The lowest BCUT2D eigenvalue weighted by atomic mass is 10.2. The van der Waals surface area contributed by atoms with Crippen molar-refractivity contribution in [3.8, 4) is 0 Å². The Bertz CT molecular complexity index is 576. The number of rotatable bonds is 5. The quantitative estimate of drug-likeness (QED) is 0.854. The van der Waals surface area contributed by atoms with Gasteiger partial charge in [-0.15, -0.1) is 11.3 Å². The highest BCUT2D eigenvalue weighted by Crippen LogP contribution is 2.14. The molecule has 0 atom stereocenters. The van der Waals surface area contributed by atoms with E-state index in [0.29, 0.717) is 12.1 Å². The molecular formula is C15H18N2O2S. The summed E-state index contributed by atoms with van der Waals surface area (Å²) in [7, 11) is 0. The lowest BCUT2D eigenvalue weighted by Gasteiger charge is -2.09. The number of aromatic nitrogens is 1. The average Bonchev–Trinajstić information content (AvgIpc) is 2.82. The summed E-state index contributed by atoms with van der Waals surface area (Å²) in [5, 5.41) is 6.35. The first-order valence-electron chi connectivity index (χ1n) is 6.50. The van der Waals surface area contributed by atoms with Crippen molar-refractivity contribution in [2.24, 2.45) is 0 Å². The molecule has 0 amide bonds. The number of nitrogens with one attached hydrogen (secondary N) is 1. The monoisotopic (exact) mass is 290 g/mol. The minimum absolute atomic E-state index is 0.103. The van der Waals surface area contributed by atoms with Crippen LogP contribution in [0.15, 0.2) is 29.6 Å². The molecule has 4 nitrogen and oxygen atoms in total. The Morgan fingerprint density at radius 2 is 2.05 bits per heavy atom. The Kier molecular flexibility index (Phi) is 4.74. The first kappa shape index (κ1) is 14.5. The van der Waals surface area contributed by atoms with E-state index in [-0.39, 0.29) is 12.1 Å². The highest BCUT2D eigenvalue weighted by molar-refractivity contribution is 7.09. The fraction of sp³-hybridized carbons (Fsp3) is 0.333. The molecule has 0 aliphatic heterocycles. The summed E-state index contributed by atoms with van der Waals surface area (Å²) < 4.78 is 5.14. The summed E-state index contributed by atoms with van der Waals surface area (Å²) in [5.41, 5.74) is 2.56. The topological polar surface area (TPSA) is 51.2 Å². The average molecular weight is 290 g/mol. The first-order chi connectivity index (χ1) is 9.54. The van der Waals surface area contributed by atoms with Crippen LogP contribution < -0.4 is 5.32 Å². The molecule has 1 aromatic carbocycles. The third-order valence-electron chi connectivity index (χ3n) is 2.57. The number of benzene rings is 1. The molecule has 0 saturated heterocycles. The SMILES string of the molecule is Cc1csc(CNc2ccc(C(=O)OC(C)C)cc2)n1. The van der Waals surface area contributed by atoms with Crippen LogP contribution in [0.1, 0.15) is 34.9 Å². The van der Waals surface area contributed by atoms with Crippen LogP contribution in [0, 0.1) is 6.92 Å². The molecule has 0 aliphatic rings. The van der Waals surface area contributed by atoms with E-state index >= 15 is 0 Å². The molecule has 2 rings (SSSR count). The molecule has 1 heterocycles. The molecule has 2 aromatic rings. The van der Waals surface area contributed by atoms with Crippen LogP contribution in [0.25, 0.3) is 0 Å². The van der Waals surface area contributed by atoms with E-state index in [9.17, 15) is 4.79 Å². The summed E-state index contributed by atoms with van der Waals surface area (Å²) in [5.74, 6) is -0.290. The zero-order valence-electron chi connectivity index (χ0n) is 11.8. The summed E-state index contributed by atoms with van der Waals surface area (Å²) in [6, 6.07) is 7.27. The zero-order valence-corrected chi connectivity index (χ0v) is 12.7. The lowest BCUT2D eigenvalue weighted by molar-refractivity contribution is 0.0378. The Hall–Kier alpha value is -1.88. The second-order valence-corrected chi connectivity index (χ2v) is 5.71. The van der Waals surface area contributed by atoms with E-state index in [0.717, 1.165) is 16.4 Å². The van der Waals surface area contributed by atoms with Gasteiger partial charge in [0.15, 0.2) is 0 Å². The summed E-state index contributed by atoms with van der Waals surface area (Å²) in [6.45, 7) is 6.34. The van der Waals surface area contributed by atoms with Crippen molar-refractivity contribution in [3.05, 3.63) is 45.9 Å². The Morgan fingerprint density at radius 1 is 1.35 bits per heavy atom. The number of nitrogens with zero attached hydrogens (tertiary/aromatic N) is 1. The molecule has 0 unspecified atom stereocenters. The van der Waals surface area contributed by atoms with Gasteiger partial charge in [0.1, 0.15) is 5.01 Å². The lowest BCUT2D eigenvalue weighted by Crippen LogP contribution is -2.11. The number of hydrogen-bond donors (Lipinski definition) is 1. The van der Waals surface area contributed by atoms with E-state index in [1.54, 1.807) is 23.5 Å². The number of carbonyl (C=O) groups excluding carboxylic acids is 1. The molecule has 0 saturated carbocycles. The molecule has 0 bridgehead atoms. The van der Waals surface area contributed by atoms with E-state index in [2.05, 4.69) is 10.3 Å². The number of carbonyl (C=O) groups is 1. The van der Waals surface area contributed by atoms with Gasteiger partial charge in [0, 0.05) is 16.8 Å². The predicted octanol–water partition coefficient (Wildman–Crippen LogP) is 3.63. The molecule has 5 heteroatoms. The van der Waals surface area contributed by atoms with Gasteiger partial charge in [0.25, 0.3) is 0 Å². The Balaban J connectivity index is 1.93. The van der Waals surface area contributed by atoms with E-state index < -0.39 is 0 Å². The van der Waals surface area contributed by atoms with Gasteiger partial charge in [-0.3, -0.25) is 0 Å². The van der Waals surface area contributed by atoms with Gasteiger partial charge in [0.2, 0.25) is 0 Å². The van der Waals surface area contributed by atoms with Crippen molar-refractivity contribution in [1.29, 1.82) is 0 Å².